The first kappa shape index (κ1) is 12.0. The minimum atomic E-state index is 0.109. The Morgan fingerprint density at radius 2 is 2.31 bits per heavy atom. The molecular weight excluding hydrogens is 166 g/mol. The summed E-state index contributed by atoms with van der Waals surface area (Å²) in [7, 11) is 1.63. The van der Waals surface area contributed by atoms with E-state index in [1.54, 1.807) is 12.0 Å². The fourth-order valence-electron chi connectivity index (χ4n) is 1.01. The van der Waals surface area contributed by atoms with Crippen LogP contribution in [0.1, 0.15) is 19.8 Å². The highest BCUT2D eigenvalue weighted by Crippen LogP contribution is 1.97. The molecule has 0 heterocycles. The van der Waals surface area contributed by atoms with E-state index in [4.69, 9.17) is 11.2 Å². The van der Waals surface area contributed by atoms with Crippen LogP contribution < -0.4 is 0 Å². The highest BCUT2D eigenvalue weighted by molar-refractivity contribution is 5.76. The third-order valence-corrected chi connectivity index (χ3v) is 1.76. The number of methoxy groups -OCH3 is 1. The van der Waals surface area contributed by atoms with E-state index in [0.717, 1.165) is 6.42 Å². The SMILES string of the molecule is C#CCN(CC)C(=O)CCCOC. The topological polar surface area (TPSA) is 29.5 Å². The second-order valence-corrected chi connectivity index (χ2v) is 2.71. The maximum Gasteiger partial charge on any atom is 0.223 e. The predicted molar refractivity (Wildman–Crippen MR) is 52.2 cm³/mol. The summed E-state index contributed by atoms with van der Waals surface area (Å²) < 4.78 is 4.85. The standard InChI is InChI=1S/C10H17NO2/c1-4-8-11(5-2)10(12)7-6-9-13-3/h1H,5-9H2,2-3H3. The molecule has 0 radical (unpaired) electrons. The first-order valence-corrected chi connectivity index (χ1v) is 4.46. The second-order valence-electron chi connectivity index (χ2n) is 2.71. The Labute approximate surface area is 80.1 Å². The molecule has 0 aromatic carbocycles. The third kappa shape index (κ3) is 5.26. The third-order valence-electron chi connectivity index (χ3n) is 1.76. The number of amides is 1. The summed E-state index contributed by atoms with van der Waals surface area (Å²) in [6.45, 7) is 3.63. The molecule has 3 heteroatoms. The number of carbonyl (C=O) groups excluding carboxylic acids is 1. The molecule has 0 aromatic heterocycles. The van der Waals surface area contributed by atoms with Crippen LogP contribution >= 0.6 is 0 Å². The van der Waals surface area contributed by atoms with Gasteiger partial charge in [0, 0.05) is 26.7 Å². The van der Waals surface area contributed by atoms with Crippen LogP contribution in [0.2, 0.25) is 0 Å². The second kappa shape index (κ2) is 7.63. The Hall–Kier alpha value is -1.01. The zero-order chi connectivity index (χ0) is 10.1. The number of terminal acetylenes is 1. The Morgan fingerprint density at radius 3 is 2.77 bits per heavy atom. The molecule has 0 saturated carbocycles. The van der Waals surface area contributed by atoms with Gasteiger partial charge in [-0.3, -0.25) is 4.79 Å². The Balaban J connectivity index is 3.72. The predicted octanol–water partition coefficient (Wildman–Crippen LogP) is 0.895. The van der Waals surface area contributed by atoms with Gasteiger partial charge in [-0.15, -0.1) is 6.42 Å². The van der Waals surface area contributed by atoms with Gasteiger partial charge in [-0.2, -0.15) is 0 Å². The van der Waals surface area contributed by atoms with E-state index < -0.39 is 0 Å². The molecule has 0 aromatic rings. The average molecular weight is 183 g/mol. The molecule has 1 amide bonds. The minimum Gasteiger partial charge on any atom is -0.385 e. The molecule has 3 nitrogen and oxygen atoms in total. The first-order chi connectivity index (χ1) is 6.26. The fourth-order valence-corrected chi connectivity index (χ4v) is 1.01. The van der Waals surface area contributed by atoms with Crippen molar-refractivity contribution in [3.05, 3.63) is 0 Å². The zero-order valence-electron chi connectivity index (χ0n) is 8.38. The molecule has 0 spiro atoms. The van der Waals surface area contributed by atoms with Crippen molar-refractivity contribution in [1.29, 1.82) is 0 Å². The van der Waals surface area contributed by atoms with E-state index in [2.05, 4.69) is 5.92 Å². The van der Waals surface area contributed by atoms with E-state index in [0.29, 0.717) is 26.1 Å². The summed E-state index contributed by atoms with van der Waals surface area (Å²) >= 11 is 0. The smallest absolute Gasteiger partial charge is 0.223 e. The number of nitrogens with zero attached hydrogens (tertiary/aromatic N) is 1. The van der Waals surface area contributed by atoms with E-state index >= 15 is 0 Å². The summed E-state index contributed by atoms with van der Waals surface area (Å²) in [6.07, 6.45) is 6.41. The number of hydrogen-bond acceptors (Lipinski definition) is 2. The lowest BCUT2D eigenvalue weighted by molar-refractivity contribution is -0.130. The molecule has 0 aliphatic carbocycles. The quantitative estimate of drug-likeness (QED) is 0.452. The summed E-state index contributed by atoms with van der Waals surface area (Å²) in [4.78, 5) is 13.1. The number of ether oxygens (including phenoxy) is 1. The van der Waals surface area contributed by atoms with Crippen LogP contribution in [0.25, 0.3) is 0 Å². The molecule has 74 valence electrons. The molecule has 0 aliphatic heterocycles. The first-order valence-electron chi connectivity index (χ1n) is 4.46. The summed E-state index contributed by atoms with van der Waals surface area (Å²) in [6, 6.07) is 0. The Kier molecular flexibility index (Phi) is 7.04. The van der Waals surface area contributed by atoms with Crippen molar-refractivity contribution in [2.24, 2.45) is 0 Å². The lowest BCUT2D eigenvalue weighted by atomic mass is 10.3. The van der Waals surface area contributed by atoms with E-state index in [-0.39, 0.29) is 5.91 Å². The van der Waals surface area contributed by atoms with E-state index in [9.17, 15) is 4.79 Å². The van der Waals surface area contributed by atoms with Gasteiger partial charge in [0.25, 0.3) is 0 Å². The molecular formula is C10H17NO2. The van der Waals surface area contributed by atoms with Gasteiger partial charge in [0.05, 0.1) is 6.54 Å². The lowest BCUT2D eigenvalue weighted by Crippen LogP contribution is -2.31. The van der Waals surface area contributed by atoms with Crippen molar-refractivity contribution in [3.63, 3.8) is 0 Å². The summed E-state index contributed by atoms with van der Waals surface area (Å²) in [5.74, 6) is 2.57. The fraction of sp³-hybridized carbons (Fsp3) is 0.700. The highest BCUT2D eigenvalue weighted by atomic mass is 16.5. The molecule has 0 atom stereocenters. The maximum atomic E-state index is 11.4. The van der Waals surface area contributed by atoms with Gasteiger partial charge < -0.3 is 9.64 Å². The van der Waals surface area contributed by atoms with E-state index in [1.807, 2.05) is 6.92 Å². The van der Waals surface area contributed by atoms with Crippen molar-refractivity contribution in [3.8, 4) is 12.3 Å². The normalized spacial score (nSPS) is 9.31. The average Bonchev–Trinajstić information content (AvgIpc) is 2.14. The molecule has 0 N–H and O–H groups in total. The van der Waals surface area contributed by atoms with Gasteiger partial charge in [0.15, 0.2) is 0 Å². The van der Waals surface area contributed by atoms with Gasteiger partial charge >= 0.3 is 0 Å². The van der Waals surface area contributed by atoms with Gasteiger partial charge in [0.1, 0.15) is 0 Å². The molecule has 13 heavy (non-hydrogen) atoms. The van der Waals surface area contributed by atoms with Crippen LogP contribution in [0.5, 0.6) is 0 Å². The van der Waals surface area contributed by atoms with Crippen LogP contribution in [0.15, 0.2) is 0 Å². The van der Waals surface area contributed by atoms with Crippen molar-refractivity contribution >= 4 is 5.91 Å². The minimum absolute atomic E-state index is 0.109. The molecule has 0 fully saturated rings. The van der Waals surface area contributed by atoms with Crippen molar-refractivity contribution in [1.82, 2.24) is 4.90 Å². The summed E-state index contributed by atoms with van der Waals surface area (Å²) in [5, 5.41) is 0. The van der Waals surface area contributed by atoms with Crippen molar-refractivity contribution < 1.29 is 9.53 Å². The van der Waals surface area contributed by atoms with Crippen LogP contribution in [-0.4, -0.2) is 37.6 Å². The summed E-state index contributed by atoms with van der Waals surface area (Å²) in [5.41, 5.74) is 0. The van der Waals surface area contributed by atoms with Gasteiger partial charge in [0.2, 0.25) is 5.91 Å². The molecule has 0 saturated heterocycles. The van der Waals surface area contributed by atoms with Gasteiger partial charge in [-0.1, -0.05) is 5.92 Å². The zero-order valence-corrected chi connectivity index (χ0v) is 8.38. The number of hydrogen-bond donors (Lipinski definition) is 0. The maximum absolute atomic E-state index is 11.4. The monoisotopic (exact) mass is 183 g/mol. The van der Waals surface area contributed by atoms with Crippen LogP contribution in [0.4, 0.5) is 0 Å². The van der Waals surface area contributed by atoms with Crippen molar-refractivity contribution in [2.45, 2.75) is 19.8 Å². The number of carbonyl (C=O) groups is 1. The van der Waals surface area contributed by atoms with Crippen LogP contribution in [0.3, 0.4) is 0 Å². The molecule has 0 rings (SSSR count). The Bertz CT molecular complexity index is 184. The molecule has 0 unspecified atom stereocenters. The van der Waals surface area contributed by atoms with Crippen molar-refractivity contribution in [2.75, 3.05) is 26.8 Å². The largest absolute Gasteiger partial charge is 0.385 e. The van der Waals surface area contributed by atoms with Gasteiger partial charge in [-0.05, 0) is 13.3 Å². The highest BCUT2D eigenvalue weighted by Gasteiger charge is 2.08. The van der Waals surface area contributed by atoms with Gasteiger partial charge in [-0.25, -0.2) is 0 Å². The van der Waals surface area contributed by atoms with E-state index in [1.165, 1.54) is 0 Å². The molecule has 0 aliphatic rings. The number of rotatable bonds is 6. The van der Waals surface area contributed by atoms with Crippen LogP contribution in [-0.2, 0) is 9.53 Å². The molecule has 0 bridgehead atoms. The van der Waals surface area contributed by atoms with Crippen LogP contribution in [0, 0.1) is 12.3 Å². The Morgan fingerprint density at radius 1 is 1.62 bits per heavy atom. The lowest BCUT2D eigenvalue weighted by Gasteiger charge is -2.17.